The first-order chi connectivity index (χ1) is 7.09. The number of aromatic hydroxyl groups is 1. The lowest BCUT2D eigenvalue weighted by Gasteiger charge is -2.03. The van der Waals surface area contributed by atoms with Crippen molar-refractivity contribution in [1.82, 2.24) is 0 Å². The van der Waals surface area contributed by atoms with Gasteiger partial charge >= 0.3 is 5.97 Å². The first kappa shape index (κ1) is 11.6. The van der Waals surface area contributed by atoms with Gasteiger partial charge in [0.05, 0.1) is 0 Å². The van der Waals surface area contributed by atoms with Crippen LogP contribution in [0.1, 0.15) is 30.4 Å². The number of hydrogen-bond donors (Lipinski definition) is 2. The van der Waals surface area contributed by atoms with Gasteiger partial charge in [-0.2, -0.15) is 0 Å². The van der Waals surface area contributed by atoms with Crippen LogP contribution in [0.15, 0.2) is 18.2 Å². The molecule has 0 fully saturated rings. The molecule has 0 saturated heterocycles. The second-order valence-corrected chi connectivity index (χ2v) is 3.72. The predicted molar refractivity (Wildman–Crippen MR) is 58.0 cm³/mol. The van der Waals surface area contributed by atoms with E-state index in [4.69, 9.17) is 5.11 Å². The highest BCUT2D eigenvalue weighted by Gasteiger charge is 2.00. The van der Waals surface area contributed by atoms with Crippen molar-refractivity contribution in [2.24, 2.45) is 0 Å². The van der Waals surface area contributed by atoms with Crippen LogP contribution in [-0.4, -0.2) is 16.2 Å². The minimum Gasteiger partial charge on any atom is -0.508 e. The molecule has 0 aliphatic heterocycles. The fraction of sp³-hybridized carbons (Fsp3) is 0.417. The number of phenolic OH excluding ortho intramolecular Hbond substituents is 1. The summed E-state index contributed by atoms with van der Waals surface area (Å²) in [5.41, 5.74) is 1.92. The molecule has 0 saturated carbocycles. The van der Waals surface area contributed by atoms with E-state index in [1.807, 2.05) is 19.1 Å². The Bertz CT molecular complexity index is 345. The molecule has 0 amide bonds. The molecule has 0 heterocycles. The van der Waals surface area contributed by atoms with Gasteiger partial charge in [-0.05, 0) is 43.4 Å². The zero-order valence-electron chi connectivity index (χ0n) is 8.86. The van der Waals surface area contributed by atoms with Gasteiger partial charge in [0, 0.05) is 6.42 Å². The van der Waals surface area contributed by atoms with Gasteiger partial charge in [-0.25, -0.2) is 0 Å². The lowest BCUT2D eigenvalue weighted by Crippen LogP contribution is -1.95. The minimum absolute atomic E-state index is 0.220. The van der Waals surface area contributed by atoms with Gasteiger partial charge in [0.2, 0.25) is 0 Å². The fourth-order valence-corrected chi connectivity index (χ4v) is 1.42. The van der Waals surface area contributed by atoms with E-state index in [-0.39, 0.29) is 6.42 Å². The van der Waals surface area contributed by atoms with Crippen LogP contribution in [0.25, 0.3) is 0 Å². The Hall–Kier alpha value is -1.51. The molecule has 0 aromatic heterocycles. The average Bonchev–Trinajstić information content (AvgIpc) is 2.18. The van der Waals surface area contributed by atoms with Gasteiger partial charge in [-0.3, -0.25) is 4.79 Å². The lowest BCUT2D eigenvalue weighted by atomic mass is 10.0. The highest BCUT2D eigenvalue weighted by atomic mass is 16.4. The van der Waals surface area contributed by atoms with E-state index in [1.165, 1.54) is 0 Å². The van der Waals surface area contributed by atoms with Crippen LogP contribution >= 0.6 is 0 Å². The summed E-state index contributed by atoms with van der Waals surface area (Å²) in [7, 11) is 0. The monoisotopic (exact) mass is 208 g/mol. The summed E-state index contributed by atoms with van der Waals surface area (Å²) < 4.78 is 0. The number of carboxylic acid groups (broad SMARTS) is 1. The molecule has 0 bridgehead atoms. The Kier molecular flexibility index (Phi) is 4.16. The maximum Gasteiger partial charge on any atom is 0.303 e. The molecular formula is C12H16O3. The van der Waals surface area contributed by atoms with E-state index in [2.05, 4.69) is 0 Å². The molecule has 0 spiro atoms. The number of phenols is 1. The summed E-state index contributed by atoms with van der Waals surface area (Å²) in [5.74, 6) is -0.438. The summed E-state index contributed by atoms with van der Waals surface area (Å²) in [4.78, 5) is 10.3. The quantitative estimate of drug-likeness (QED) is 0.731. The molecule has 2 N–H and O–H groups in total. The van der Waals surface area contributed by atoms with E-state index in [0.29, 0.717) is 12.2 Å². The zero-order valence-corrected chi connectivity index (χ0v) is 8.86. The van der Waals surface area contributed by atoms with Gasteiger partial charge in [0.25, 0.3) is 0 Å². The van der Waals surface area contributed by atoms with Crippen molar-refractivity contribution >= 4 is 5.97 Å². The first-order valence-corrected chi connectivity index (χ1v) is 5.10. The van der Waals surface area contributed by atoms with Crippen molar-refractivity contribution in [1.29, 1.82) is 0 Å². The second kappa shape index (κ2) is 5.39. The predicted octanol–water partition coefficient (Wildman–Crippen LogP) is 2.50. The summed E-state index contributed by atoms with van der Waals surface area (Å²) in [6.07, 6.45) is 2.57. The van der Waals surface area contributed by atoms with Crippen LogP contribution in [0.3, 0.4) is 0 Å². The summed E-state index contributed by atoms with van der Waals surface area (Å²) in [6, 6.07) is 5.59. The third-order valence-corrected chi connectivity index (χ3v) is 2.38. The molecule has 3 nitrogen and oxygen atoms in total. The molecule has 0 radical (unpaired) electrons. The third-order valence-electron chi connectivity index (χ3n) is 2.38. The van der Waals surface area contributed by atoms with E-state index >= 15 is 0 Å². The fourth-order valence-electron chi connectivity index (χ4n) is 1.42. The SMILES string of the molecule is Cc1ccc(CCCCC(=O)O)cc1O. The number of unbranched alkanes of at least 4 members (excludes halogenated alkanes) is 1. The maximum atomic E-state index is 10.3. The molecule has 3 heteroatoms. The number of rotatable bonds is 5. The highest BCUT2D eigenvalue weighted by Crippen LogP contribution is 2.18. The zero-order chi connectivity index (χ0) is 11.3. The molecule has 0 atom stereocenters. The van der Waals surface area contributed by atoms with Crippen LogP contribution in [0.5, 0.6) is 5.75 Å². The Morgan fingerprint density at radius 3 is 2.67 bits per heavy atom. The summed E-state index contributed by atoms with van der Waals surface area (Å²) in [5, 5.41) is 17.9. The second-order valence-electron chi connectivity index (χ2n) is 3.72. The number of carbonyl (C=O) groups is 1. The number of aryl methyl sites for hydroxylation is 2. The minimum atomic E-state index is -0.748. The van der Waals surface area contributed by atoms with E-state index in [9.17, 15) is 9.90 Å². The normalized spacial score (nSPS) is 10.2. The standard InChI is InChI=1S/C12H16O3/c1-9-6-7-10(8-11(9)13)4-2-3-5-12(14)15/h6-8,13H,2-5H2,1H3,(H,14,15). The Labute approximate surface area is 89.4 Å². The number of aliphatic carboxylic acids is 1. The van der Waals surface area contributed by atoms with Gasteiger partial charge in [0.1, 0.15) is 5.75 Å². The van der Waals surface area contributed by atoms with E-state index < -0.39 is 5.97 Å². The number of benzene rings is 1. The molecule has 1 rings (SSSR count). The molecule has 1 aromatic carbocycles. The van der Waals surface area contributed by atoms with Crippen molar-refractivity contribution in [2.75, 3.05) is 0 Å². The van der Waals surface area contributed by atoms with E-state index in [0.717, 1.165) is 24.0 Å². The smallest absolute Gasteiger partial charge is 0.303 e. The topological polar surface area (TPSA) is 57.5 Å². The Morgan fingerprint density at radius 2 is 2.07 bits per heavy atom. The molecule has 15 heavy (non-hydrogen) atoms. The van der Waals surface area contributed by atoms with Crippen LogP contribution < -0.4 is 0 Å². The van der Waals surface area contributed by atoms with E-state index in [1.54, 1.807) is 6.07 Å². The van der Waals surface area contributed by atoms with Crippen molar-refractivity contribution in [3.05, 3.63) is 29.3 Å². The van der Waals surface area contributed by atoms with Gasteiger partial charge in [-0.1, -0.05) is 12.1 Å². The third kappa shape index (κ3) is 4.02. The van der Waals surface area contributed by atoms with Crippen molar-refractivity contribution in [3.8, 4) is 5.75 Å². The number of carboxylic acids is 1. The van der Waals surface area contributed by atoms with Gasteiger partial charge < -0.3 is 10.2 Å². The first-order valence-electron chi connectivity index (χ1n) is 5.10. The van der Waals surface area contributed by atoms with Crippen LogP contribution in [0.2, 0.25) is 0 Å². The molecule has 0 unspecified atom stereocenters. The maximum absolute atomic E-state index is 10.3. The molecule has 1 aromatic rings. The Morgan fingerprint density at radius 1 is 1.33 bits per heavy atom. The lowest BCUT2D eigenvalue weighted by molar-refractivity contribution is -0.137. The van der Waals surface area contributed by atoms with Gasteiger partial charge in [0.15, 0.2) is 0 Å². The van der Waals surface area contributed by atoms with Crippen LogP contribution in [0.4, 0.5) is 0 Å². The molecule has 0 aliphatic rings. The Balaban J connectivity index is 2.38. The number of hydrogen-bond acceptors (Lipinski definition) is 2. The summed E-state index contributed by atoms with van der Waals surface area (Å²) in [6.45, 7) is 1.85. The van der Waals surface area contributed by atoms with Gasteiger partial charge in [-0.15, -0.1) is 0 Å². The van der Waals surface area contributed by atoms with Crippen molar-refractivity contribution < 1.29 is 15.0 Å². The summed E-state index contributed by atoms with van der Waals surface area (Å²) >= 11 is 0. The average molecular weight is 208 g/mol. The molecule has 82 valence electrons. The van der Waals surface area contributed by atoms with Crippen molar-refractivity contribution in [3.63, 3.8) is 0 Å². The van der Waals surface area contributed by atoms with Crippen molar-refractivity contribution in [2.45, 2.75) is 32.6 Å². The molecule has 0 aliphatic carbocycles. The molecular weight excluding hydrogens is 192 g/mol. The van der Waals surface area contributed by atoms with Crippen LogP contribution in [-0.2, 0) is 11.2 Å². The largest absolute Gasteiger partial charge is 0.508 e. The highest BCUT2D eigenvalue weighted by molar-refractivity contribution is 5.66. The van der Waals surface area contributed by atoms with Crippen LogP contribution in [0, 0.1) is 6.92 Å².